The Morgan fingerprint density at radius 2 is 1.96 bits per heavy atom. The van der Waals surface area contributed by atoms with Crippen LogP contribution in [-0.4, -0.2) is 51.1 Å². The van der Waals surface area contributed by atoms with Gasteiger partial charge < -0.3 is 19.4 Å². The summed E-state index contributed by atoms with van der Waals surface area (Å²) in [5.74, 6) is -1.15. The van der Waals surface area contributed by atoms with Crippen LogP contribution in [0.1, 0.15) is 19.4 Å². The SMILES string of the molecule is COc1ccc(/C=C/C(=O)[O-])cc1S(=O)(=O)N1C[C@H](C)O[C@@H](C)C1. The smallest absolute Gasteiger partial charge is 0.246 e. The van der Waals surface area contributed by atoms with E-state index in [9.17, 15) is 18.3 Å². The van der Waals surface area contributed by atoms with Gasteiger partial charge in [-0.15, -0.1) is 0 Å². The molecule has 0 bridgehead atoms. The van der Waals surface area contributed by atoms with Gasteiger partial charge in [0.2, 0.25) is 10.0 Å². The summed E-state index contributed by atoms with van der Waals surface area (Å²) >= 11 is 0. The quantitative estimate of drug-likeness (QED) is 0.704. The lowest BCUT2D eigenvalue weighted by Crippen LogP contribution is -2.48. The molecule has 2 atom stereocenters. The number of hydrogen-bond acceptors (Lipinski definition) is 6. The van der Waals surface area contributed by atoms with E-state index >= 15 is 0 Å². The summed E-state index contributed by atoms with van der Waals surface area (Å²) in [7, 11) is -2.42. The van der Waals surface area contributed by atoms with E-state index in [1.165, 1.54) is 29.6 Å². The monoisotopic (exact) mass is 354 g/mol. The van der Waals surface area contributed by atoms with Gasteiger partial charge in [-0.1, -0.05) is 12.1 Å². The molecule has 1 aliphatic heterocycles. The number of rotatable bonds is 5. The fourth-order valence-electron chi connectivity index (χ4n) is 2.63. The van der Waals surface area contributed by atoms with Crippen LogP contribution in [0.2, 0.25) is 0 Å². The predicted octanol–water partition coefficient (Wildman–Crippen LogP) is 0.256. The van der Waals surface area contributed by atoms with Crippen LogP contribution in [0.3, 0.4) is 0 Å². The average molecular weight is 354 g/mol. The zero-order chi connectivity index (χ0) is 17.9. The lowest BCUT2D eigenvalue weighted by atomic mass is 10.2. The number of carboxylic acid groups (broad SMARTS) is 1. The number of nitrogens with zero attached hydrogens (tertiary/aromatic N) is 1. The van der Waals surface area contributed by atoms with Crippen molar-refractivity contribution in [1.29, 1.82) is 0 Å². The van der Waals surface area contributed by atoms with Gasteiger partial charge in [-0.25, -0.2) is 8.42 Å². The van der Waals surface area contributed by atoms with E-state index in [4.69, 9.17) is 9.47 Å². The number of methoxy groups -OCH3 is 1. The van der Waals surface area contributed by atoms with Gasteiger partial charge in [0.15, 0.2) is 0 Å². The molecule has 1 aromatic rings. The Hall–Kier alpha value is -1.90. The van der Waals surface area contributed by atoms with Crippen LogP contribution in [0.15, 0.2) is 29.2 Å². The average Bonchev–Trinajstić information content (AvgIpc) is 2.51. The molecule has 0 amide bonds. The summed E-state index contributed by atoms with van der Waals surface area (Å²) in [5, 5.41) is 10.5. The van der Waals surface area contributed by atoms with Crippen LogP contribution in [0.4, 0.5) is 0 Å². The molecule has 1 aromatic carbocycles. The molecule has 0 spiro atoms. The van der Waals surface area contributed by atoms with Crippen molar-refractivity contribution in [3.63, 3.8) is 0 Å². The molecule has 0 aromatic heterocycles. The maximum Gasteiger partial charge on any atom is 0.246 e. The number of hydrogen-bond donors (Lipinski definition) is 0. The second kappa shape index (κ2) is 7.33. The van der Waals surface area contributed by atoms with Crippen LogP contribution >= 0.6 is 0 Å². The number of carboxylic acids is 1. The summed E-state index contributed by atoms with van der Waals surface area (Å²) in [6.07, 6.45) is 1.70. The third-order valence-corrected chi connectivity index (χ3v) is 5.46. The maximum atomic E-state index is 13.0. The number of benzene rings is 1. The minimum absolute atomic E-state index is 0.00759. The molecular weight excluding hydrogens is 334 g/mol. The summed E-state index contributed by atoms with van der Waals surface area (Å²) in [6, 6.07) is 4.45. The molecule has 0 radical (unpaired) electrons. The standard InChI is InChI=1S/C16H21NO6S/c1-11-9-17(10-12(2)23-11)24(20,21)15-8-13(5-7-16(18)19)4-6-14(15)22-3/h4-8,11-12H,9-10H2,1-3H3,(H,18,19)/p-1/b7-5+/t11-,12-/m0/s1. The van der Waals surface area contributed by atoms with Crippen LogP contribution in [0.5, 0.6) is 5.75 Å². The highest BCUT2D eigenvalue weighted by Gasteiger charge is 2.34. The molecule has 0 aliphatic carbocycles. The van der Waals surface area contributed by atoms with Crippen molar-refractivity contribution in [2.45, 2.75) is 31.0 Å². The maximum absolute atomic E-state index is 13.0. The van der Waals surface area contributed by atoms with E-state index in [0.29, 0.717) is 5.56 Å². The Labute approximate surface area is 141 Å². The largest absolute Gasteiger partial charge is 0.545 e. The van der Waals surface area contributed by atoms with Crippen molar-refractivity contribution in [3.05, 3.63) is 29.8 Å². The molecular formula is C16H20NO6S-. The van der Waals surface area contributed by atoms with Crippen molar-refractivity contribution in [3.8, 4) is 5.75 Å². The first-order valence-corrected chi connectivity index (χ1v) is 8.90. The van der Waals surface area contributed by atoms with Crippen molar-refractivity contribution < 1.29 is 27.8 Å². The van der Waals surface area contributed by atoms with Crippen LogP contribution in [0, 0.1) is 0 Å². The van der Waals surface area contributed by atoms with E-state index < -0.39 is 16.0 Å². The summed E-state index contributed by atoms with van der Waals surface area (Å²) in [5.41, 5.74) is 0.424. The zero-order valence-electron chi connectivity index (χ0n) is 13.8. The number of carbonyl (C=O) groups excluding carboxylic acids is 1. The van der Waals surface area contributed by atoms with Crippen LogP contribution in [-0.2, 0) is 19.6 Å². The topological polar surface area (TPSA) is 96.0 Å². The van der Waals surface area contributed by atoms with Gasteiger partial charge in [-0.05, 0) is 37.6 Å². The van der Waals surface area contributed by atoms with Gasteiger partial charge in [0.1, 0.15) is 10.6 Å². The predicted molar refractivity (Wildman–Crippen MR) is 85.8 cm³/mol. The molecule has 1 saturated heterocycles. The Morgan fingerprint density at radius 1 is 1.33 bits per heavy atom. The Balaban J connectivity index is 2.44. The summed E-state index contributed by atoms with van der Waals surface area (Å²) < 4.78 is 38.1. The fraction of sp³-hybridized carbons (Fsp3) is 0.438. The van der Waals surface area contributed by atoms with Crippen molar-refractivity contribution >= 4 is 22.1 Å². The lowest BCUT2D eigenvalue weighted by Gasteiger charge is -2.34. The third-order valence-electron chi connectivity index (χ3n) is 3.60. The lowest BCUT2D eigenvalue weighted by molar-refractivity contribution is -0.297. The molecule has 24 heavy (non-hydrogen) atoms. The molecule has 0 saturated carbocycles. The number of carbonyl (C=O) groups is 1. The highest BCUT2D eigenvalue weighted by Crippen LogP contribution is 2.30. The minimum atomic E-state index is -3.80. The number of ether oxygens (including phenoxy) is 2. The molecule has 1 aliphatic rings. The summed E-state index contributed by atoms with van der Waals surface area (Å²) in [6.45, 7) is 4.12. The first-order chi connectivity index (χ1) is 11.2. The Kier molecular flexibility index (Phi) is 5.63. The second-order valence-corrected chi connectivity index (χ2v) is 7.55. The van der Waals surface area contributed by atoms with E-state index in [1.54, 1.807) is 6.07 Å². The van der Waals surface area contributed by atoms with Crippen LogP contribution < -0.4 is 9.84 Å². The molecule has 7 nitrogen and oxygen atoms in total. The summed E-state index contributed by atoms with van der Waals surface area (Å²) in [4.78, 5) is 10.5. The van der Waals surface area contributed by atoms with Gasteiger partial charge in [0, 0.05) is 13.1 Å². The van der Waals surface area contributed by atoms with Crippen LogP contribution in [0.25, 0.3) is 6.08 Å². The van der Waals surface area contributed by atoms with E-state index in [0.717, 1.165) is 6.08 Å². The Bertz CT molecular complexity index is 733. The van der Waals surface area contributed by atoms with Crippen molar-refractivity contribution in [2.75, 3.05) is 20.2 Å². The third kappa shape index (κ3) is 4.14. The molecule has 2 rings (SSSR count). The van der Waals surface area contributed by atoms with Gasteiger partial charge >= 0.3 is 0 Å². The van der Waals surface area contributed by atoms with Crippen molar-refractivity contribution in [1.82, 2.24) is 4.31 Å². The van der Waals surface area contributed by atoms with Gasteiger partial charge in [0.25, 0.3) is 0 Å². The van der Waals surface area contributed by atoms with Gasteiger partial charge in [0.05, 0.1) is 25.3 Å². The molecule has 0 N–H and O–H groups in total. The normalized spacial score (nSPS) is 22.6. The first-order valence-electron chi connectivity index (χ1n) is 7.46. The van der Waals surface area contributed by atoms with E-state index in [1.807, 2.05) is 13.8 Å². The molecule has 0 unspecified atom stereocenters. The molecule has 1 fully saturated rings. The molecule has 132 valence electrons. The Morgan fingerprint density at radius 3 is 2.50 bits per heavy atom. The molecule has 1 heterocycles. The second-order valence-electron chi connectivity index (χ2n) is 5.64. The highest BCUT2D eigenvalue weighted by atomic mass is 32.2. The van der Waals surface area contributed by atoms with Gasteiger partial charge in [-0.3, -0.25) is 0 Å². The zero-order valence-corrected chi connectivity index (χ0v) is 14.6. The van der Waals surface area contributed by atoms with Gasteiger partial charge in [-0.2, -0.15) is 4.31 Å². The number of sulfonamides is 1. The van der Waals surface area contributed by atoms with Crippen molar-refractivity contribution in [2.24, 2.45) is 0 Å². The fourth-order valence-corrected chi connectivity index (χ4v) is 4.41. The highest BCUT2D eigenvalue weighted by molar-refractivity contribution is 7.89. The number of morpholine rings is 1. The minimum Gasteiger partial charge on any atom is -0.545 e. The number of aliphatic carboxylic acids is 1. The van der Waals surface area contributed by atoms with E-state index in [-0.39, 0.29) is 35.9 Å². The molecule has 8 heteroatoms. The van der Waals surface area contributed by atoms with E-state index in [2.05, 4.69) is 0 Å². The first kappa shape index (κ1) is 18.4.